The van der Waals surface area contributed by atoms with Crippen molar-refractivity contribution >= 4 is 21.4 Å². The molecule has 6 nitrogen and oxygen atoms in total. The Morgan fingerprint density at radius 3 is 2.19 bits per heavy atom. The number of nitrogens with zero attached hydrogens (tertiary/aromatic N) is 1. The highest BCUT2D eigenvalue weighted by Crippen LogP contribution is 2.23. The Morgan fingerprint density at radius 2 is 1.66 bits per heavy atom. The number of piperidine rings is 1. The minimum atomic E-state index is -4.42. The molecule has 0 unspecified atom stereocenters. The maximum Gasteiger partial charge on any atom is 0.422 e. The van der Waals surface area contributed by atoms with E-state index in [4.69, 9.17) is 0 Å². The first-order valence-corrected chi connectivity index (χ1v) is 11.9. The van der Waals surface area contributed by atoms with Crippen LogP contribution in [0.2, 0.25) is 0 Å². The Balaban J connectivity index is 1.50. The van der Waals surface area contributed by atoms with Crippen LogP contribution in [-0.2, 0) is 9.84 Å². The van der Waals surface area contributed by atoms with Gasteiger partial charge in [-0.3, -0.25) is 4.79 Å². The number of rotatable bonds is 7. The first-order chi connectivity index (χ1) is 15.1. The van der Waals surface area contributed by atoms with Gasteiger partial charge in [-0.1, -0.05) is 6.92 Å². The predicted molar refractivity (Wildman–Crippen MR) is 115 cm³/mol. The third kappa shape index (κ3) is 6.38. The zero-order valence-electron chi connectivity index (χ0n) is 17.6. The SMILES string of the molecule is CCS(=O)(=O)c1ccc(N2CCC(NC(=O)c3ccc(OCC(F)(F)F)cc3)CC2)cc1. The number of sulfone groups is 1. The van der Waals surface area contributed by atoms with Crippen LogP contribution in [0.1, 0.15) is 30.1 Å². The molecule has 174 valence electrons. The summed E-state index contributed by atoms with van der Waals surface area (Å²) in [5.74, 6) is -0.189. The van der Waals surface area contributed by atoms with Gasteiger partial charge in [-0.15, -0.1) is 0 Å². The van der Waals surface area contributed by atoms with Crippen LogP contribution in [0.15, 0.2) is 53.4 Å². The van der Waals surface area contributed by atoms with Gasteiger partial charge >= 0.3 is 6.18 Å². The number of hydrogen-bond donors (Lipinski definition) is 1. The molecule has 1 amide bonds. The van der Waals surface area contributed by atoms with Crippen LogP contribution >= 0.6 is 0 Å². The monoisotopic (exact) mass is 470 g/mol. The van der Waals surface area contributed by atoms with Gasteiger partial charge < -0.3 is 15.0 Å². The number of halogens is 3. The van der Waals surface area contributed by atoms with Gasteiger partial charge in [0.1, 0.15) is 5.75 Å². The molecule has 0 aromatic heterocycles. The normalized spacial score (nSPS) is 15.4. The van der Waals surface area contributed by atoms with E-state index in [1.807, 2.05) is 0 Å². The lowest BCUT2D eigenvalue weighted by Gasteiger charge is -2.34. The van der Waals surface area contributed by atoms with E-state index in [1.54, 1.807) is 31.2 Å². The topological polar surface area (TPSA) is 75.7 Å². The van der Waals surface area contributed by atoms with E-state index in [2.05, 4.69) is 15.0 Å². The summed E-state index contributed by atoms with van der Waals surface area (Å²) in [4.78, 5) is 14.9. The molecule has 10 heteroatoms. The fourth-order valence-electron chi connectivity index (χ4n) is 3.45. The van der Waals surface area contributed by atoms with Gasteiger partial charge in [-0.25, -0.2) is 8.42 Å². The molecule has 1 saturated heterocycles. The Hall–Kier alpha value is -2.75. The number of anilines is 1. The van der Waals surface area contributed by atoms with Crippen molar-refractivity contribution in [3.05, 3.63) is 54.1 Å². The zero-order valence-corrected chi connectivity index (χ0v) is 18.4. The summed E-state index contributed by atoms with van der Waals surface area (Å²) >= 11 is 0. The van der Waals surface area contributed by atoms with Crippen LogP contribution < -0.4 is 15.0 Å². The molecule has 2 aromatic carbocycles. The van der Waals surface area contributed by atoms with Gasteiger partial charge in [0.2, 0.25) is 0 Å². The summed E-state index contributed by atoms with van der Waals surface area (Å²) in [6.07, 6.45) is -2.98. The highest BCUT2D eigenvalue weighted by atomic mass is 32.2. The van der Waals surface area contributed by atoms with E-state index in [9.17, 15) is 26.4 Å². The lowest BCUT2D eigenvalue weighted by atomic mass is 10.0. The average molecular weight is 471 g/mol. The number of ether oxygens (including phenoxy) is 1. The number of nitrogens with one attached hydrogen (secondary N) is 1. The van der Waals surface area contributed by atoms with E-state index >= 15 is 0 Å². The highest BCUT2D eigenvalue weighted by molar-refractivity contribution is 7.91. The Kier molecular flexibility index (Phi) is 7.33. The lowest BCUT2D eigenvalue weighted by Crippen LogP contribution is -2.44. The molecule has 0 saturated carbocycles. The zero-order chi connectivity index (χ0) is 23.4. The summed E-state index contributed by atoms with van der Waals surface area (Å²) in [5.41, 5.74) is 1.28. The first kappa shape index (κ1) is 23.9. The lowest BCUT2D eigenvalue weighted by molar-refractivity contribution is -0.153. The fraction of sp³-hybridized carbons (Fsp3) is 0.409. The standard InChI is InChI=1S/C22H25F3N2O4S/c1-2-32(29,30)20-9-5-18(6-10-20)27-13-11-17(12-14-27)26-21(28)16-3-7-19(8-4-16)31-15-22(23,24)25/h3-10,17H,2,11-15H2,1H3,(H,26,28). The van der Waals surface area contributed by atoms with Crippen molar-refractivity contribution in [2.75, 3.05) is 30.3 Å². The number of benzene rings is 2. The molecule has 0 bridgehead atoms. The van der Waals surface area contributed by atoms with Crippen molar-refractivity contribution in [2.24, 2.45) is 0 Å². The van der Waals surface area contributed by atoms with Crippen molar-refractivity contribution in [1.82, 2.24) is 5.32 Å². The minimum Gasteiger partial charge on any atom is -0.484 e. The maximum atomic E-state index is 12.5. The van der Waals surface area contributed by atoms with Crippen LogP contribution in [0.3, 0.4) is 0 Å². The van der Waals surface area contributed by atoms with Gasteiger partial charge in [0, 0.05) is 30.4 Å². The molecule has 0 atom stereocenters. The summed E-state index contributed by atoms with van der Waals surface area (Å²) < 4.78 is 65.1. The molecule has 32 heavy (non-hydrogen) atoms. The molecule has 1 aliphatic rings. The van der Waals surface area contributed by atoms with Crippen molar-refractivity contribution in [3.63, 3.8) is 0 Å². The molecule has 1 aliphatic heterocycles. The van der Waals surface area contributed by atoms with Gasteiger partial charge in [-0.2, -0.15) is 13.2 Å². The molecule has 1 fully saturated rings. The Labute approximate surface area is 185 Å². The molecule has 1 N–H and O–H groups in total. The van der Waals surface area contributed by atoms with Gasteiger partial charge in [-0.05, 0) is 61.4 Å². The highest BCUT2D eigenvalue weighted by Gasteiger charge is 2.28. The third-order valence-electron chi connectivity index (χ3n) is 5.29. The van der Waals surface area contributed by atoms with Crippen molar-refractivity contribution in [2.45, 2.75) is 36.9 Å². The smallest absolute Gasteiger partial charge is 0.422 e. The fourth-order valence-corrected chi connectivity index (χ4v) is 4.33. The molecular weight excluding hydrogens is 445 g/mol. The van der Waals surface area contributed by atoms with E-state index < -0.39 is 22.6 Å². The second-order valence-corrected chi connectivity index (χ2v) is 9.84. The number of amides is 1. The summed E-state index contributed by atoms with van der Waals surface area (Å²) in [6, 6.07) is 12.3. The second kappa shape index (κ2) is 9.81. The van der Waals surface area contributed by atoms with Crippen molar-refractivity contribution in [1.29, 1.82) is 0 Å². The van der Waals surface area contributed by atoms with Crippen LogP contribution in [-0.4, -0.2) is 52.0 Å². The number of alkyl halides is 3. The van der Waals surface area contributed by atoms with Crippen LogP contribution in [0.5, 0.6) is 5.75 Å². The average Bonchev–Trinajstić information content (AvgIpc) is 2.78. The number of hydrogen-bond acceptors (Lipinski definition) is 5. The summed E-state index contributed by atoms with van der Waals surface area (Å²) in [7, 11) is -3.23. The summed E-state index contributed by atoms with van der Waals surface area (Å²) in [5, 5.41) is 2.95. The molecule has 2 aromatic rings. The molecule has 0 radical (unpaired) electrons. The maximum absolute atomic E-state index is 12.5. The Morgan fingerprint density at radius 1 is 1.06 bits per heavy atom. The number of carbonyl (C=O) groups is 1. The summed E-state index contributed by atoms with van der Waals surface area (Å²) in [6.45, 7) is 1.64. The van der Waals surface area contributed by atoms with Gasteiger partial charge in [0.05, 0.1) is 10.6 Å². The third-order valence-corrected chi connectivity index (χ3v) is 7.04. The van der Waals surface area contributed by atoms with E-state index in [-0.39, 0.29) is 23.5 Å². The predicted octanol–water partition coefficient (Wildman–Crippen LogP) is 3.82. The van der Waals surface area contributed by atoms with Crippen molar-refractivity contribution in [3.8, 4) is 5.75 Å². The number of carbonyl (C=O) groups excluding carboxylic acids is 1. The van der Waals surface area contributed by atoms with Crippen LogP contribution in [0.4, 0.5) is 18.9 Å². The largest absolute Gasteiger partial charge is 0.484 e. The van der Waals surface area contributed by atoms with E-state index in [1.165, 1.54) is 24.3 Å². The second-order valence-electron chi connectivity index (χ2n) is 7.56. The van der Waals surface area contributed by atoms with Gasteiger partial charge in [0.15, 0.2) is 16.4 Å². The van der Waals surface area contributed by atoms with Gasteiger partial charge in [0.25, 0.3) is 5.91 Å². The van der Waals surface area contributed by atoms with Crippen molar-refractivity contribution < 1.29 is 31.1 Å². The molecule has 0 spiro atoms. The molecule has 0 aliphatic carbocycles. The molecular formula is C22H25F3N2O4S. The molecule has 1 heterocycles. The quantitative estimate of drug-likeness (QED) is 0.666. The molecule has 3 rings (SSSR count). The van der Waals surface area contributed by atoms with Crippen LogP contribution in [0, 0.1) is 0 Å². The minimum absolute atomic E-state index is 0.0281. The first-order valence-electron chi connectivity index (χ1n) is 10.3. The Bertz CT molecular complexity index is 1010. The van der Waals surface area contributed by atoms with Crippen LogP contribution in [0.25, 0.3) is 0 Å². The van der Waals surface area contributed by atoms with E-state index in [0.717, 1.165) is 5.69 Å². The van der Waals surface area contributed by atoms with E-state index in [0.29, 0.717) is 36.4 Å².